The summed E-state index contributed by atoms with van der Waals surface area (Å²) in [6.45, 7) is 2.34. The van der Waals surface area contributed by atoms with E-state index in [9.17, 15) is 4.79 Å². The van der Waals surface area contributed by atoms with Gasteiger partial charge in [0.15, 0.2) is 0 Å². The Morgan fingerprint density at radius 3 is 2.56 bits per heavy atom. The van der Waals surface area contributed by atoms with Crippen LogP contribution in [0.15, 0.2) is 65.2 Å². The second kappa shape index (κ2) is 8.93. The van der Waals surface area contributed by atoms with Gasteiger partial charge in [0.2, 0.25) is 0 Å². The smallest absolute Gasteiger partial charge is 0.289 e. The summed E-state index contributed by atoms with van der Waals surface area (Å²) in [5, 5.41) is 9.81. The zero-order valence-corrected chi connectivity index (χ0v) is 19.8. The number of ether oxygens (including phenoxy) is 1. The van der Waals surface area contributed by atoms with Crippen LogP contribution in [-0.2, 0) is 6.54 Å². The Morgan fingerprint density at radius 2 is 1.85 bits per heavy atom. The summed E-state index contributed by atoms with van der Waals surface area (Å²) in [4.78, 5) is 17.8. The van der Waals surface area contributed by atoms with Crippen LogP contribution in [0.5, 0.6) is 5.75 Å². The van der Waals surface area contributed by atoms with Crippen molar-refractivity contribution in [2.45, 2.75) is 13.5 Å². The highest BCUT2D eigenvalue weighted by atomic mass is 35.5. The van der Waals surface area contributed by atoms with Crippen LogP contribution in [0.25, 0.3) is 22.5 Å². The van der Waals surface area contributed by atoms with Gasteiger partial charge in [-0.05, 0) is 61.0 Å². The third-order valence-corrected chi connectivity index (χ3v) is 5.96. The molecule has 0 saturated carbocycles. The van der Waals surface area contributed by atoms with Crippen molar-refractivity contribution in [1.29, 1.82) is 0 Å². The molecular weight excluding hydrogens is 475 g/mol. The molecular formula is C25H18Cl2N4O3. The molecule has 5 aromatic rings. The third kappa shape index (κ3) is 4.04. The standard InChI is InChI=1S/C25H18Cl2N4O3/c1-14-22(23(32)25-30-29-24(34-25)20-5-3-4-8-28-20)19-12-18(33-2)6-7-21(19)31(14)13-15-9-16(26)11-17(27)10-15/h3-12H,13H2,1-2H3. The average Bonchev–Trinajstić information content (AvgIpc) is 3.42. The Labute approximate surface area is 204 Å². The molecule has 5 rings (SSSR count). The van der Waals surface area contributed by atoms with E-state index < -0.39 is 0 Å². The lowest BCUT2D eigenvalue weighted by Crippen LogP contribution is -2.07. The number of aromatic nitrogens is 4. The molecule has 34 heavy (non-hydrogen) atoms. The van der Waals surface area contributed by atoms with Crippen LogP contribution in [0.3, 0.4) is 0 Å². The number of halogens is 2. The Kier molecular flexibility index (Phi) is 5.81. The number of carbonyl (C=O) groups is 1. The summed E-state index contributed by atoms with van der Waals surface area (Å²) in [6.07, 6.45) is 1.62. The predicted molar refractivity (Wildman–Crippen MR) is 130 cm³/mol. The van der Waals surface area contributed by atoms with Crippen LogP contribution >= 0.6 is 23.2 Å². The monoisotopic (exact) mass is 492 g/mol. The molecule has 7 nitrogen and oxygen atoms in total. The van der Waals surface area contributed by atoms with E-state index in [0.29, 0.717) is 39.0 Å². The normalized spacial score (nSPS) is 11.2. The van der Waals surface area contributed by atoms with Gasteiger partial charge in [0.05, 0.1) is 12.7 Å². The van der Waals surface area contributed by atoms with Crippen LogP contribution in [0.2, 0.25) is 10.0 Å². The highest BCUT2D eigenvalue weighted by molar-refractivity contribution is 6.34. The van der Waals surface area contributed by atoms with Gasteiger partial charge in [0.1, 0.15) is 11.4 Å². The molecule has 0 unspecified atom stereocenters. The van der Waals surface area contributed by atoms with Crippen molar-refractivity contribution in [3.63, 3.8) is 0 Å². The van der Waals surface area contributed by atoms with E-state index in [1.807, 2.05) is 41.8 Å². The molecule has 0 saturated heterocycles. The Hall–Kier alpha value is -3.68. The third-order valence-electron chi connectivity index (χ3n) is 5.52. The van der Waals surface area contributed by atoms with Gasteiger partial charge in [-0.15, -0.1) is 10.2 Å². The Balaban J connectivity index is 1.62. The van der Waals surface area contributed by atoms with E-state index in [4.69, 9.17) is 32.4 Å². The fourth-order valence-corrected chi connectivity index (χ4v) is 4.55. The van der Waals surface area contributed by atoms with Crippen molar-refractivity contribution in [2.24, 2.45) is 0 Å². The first-order valence-electron chi connectivity index (χ1n) is 10.4. The maximum absolute atomic E-state index is 13.6. The number of pyridine rings is 1. The minimum absolute atomic E-state index is 0.114. The first-order chi connectivity index (χ1) is 16.4. The van der Waals surface area contributed by atoms with E-state index >= 15 is 0 Å². The van der Waals surface area contributed by atoms with Gasteiger partial charge in [0.25, 0.3) is 17.6 Å². The van der Waals surface area contributed by atoms with E-state index in [0.717, 1.165) is 16.8 Å². The zero-order chi connectivity index (χ0) is 23.8. The molecule has 0 aliphatic carbocycles. The molecule has 0 aliphatic rings. The van der Waals surface area contributed by atoms with E-state index in [1.54, 1.807) is 37.6 Å². The SMILES string of the molecule is COc1ccc2c(c1)c(C(=O)c1nnc(-c3ccccn3)o1)c(C)n2Cc1cc(Cl)cc(Cl)c1. The molecule has 0 atom stereocenters. The molecule has 3 aromatic heterocycles. The molecule has 0 aliphatic heterocycles. The van der Waals surface area contributed by atoms with Gasteiger partial charge in [0, 0.05) is 39.4 Å². The fourth-order valence-electron chi connectivity index (χ4n) is 3.98. The number of hydrogen-bond donors (Lipinski definition) is 0. The highest BCUT2D eigenvalue weighted by Crippen LogP contribution is 2.32. The zero-order valence-electron chi connectivity index (χ0n) is 18.3. The summed E-state index contributed by atoms with van der Waals surface area (Å²) in [7, 11) is 1.58. The quantitative estimate of drug-likeness (QED) is 0.270. The van der Waals surface area contributed by atoms with Gasteiger partial charge < -0.3 is 13.7 Å². The molecule has 0 spiro atoms. The van der Waals surface area contributed by atoms with Gasteiger partial charge in [-0.25, -0.2) is 0 Å². The number of benzene rings is 2. The molecule has 0 radical (unpaired) electrons. The molecule has 0 bridgehead atoms. The Bertz CT molecular complexity index is 1510. The lowest BCUT2D eigenvalue weighted by Gasteiger charge is -2.10. The molecule has 3 heterocycles. The maximum atomic E-state index is 13.6. The van der Waals surface area contributed by atoms with Gasteiger partial charge in [-0.2, -0.15) is 0 Å². The maximum Gasteiger partial charge on any atom is 0.289 e. The molecule has 0 N–H and O–H groups in total. The van der Waals surface area contributed by atoms with E-state index in [1.165, 1.54) is 0 Å². The highest BCUT2D eigenvalue weighted by Gasteiger charge is 2.26. The van der Waals surface area contributed by atoms with Crippen LogP contribution in [0.4, 0.5) is 0 Å². The topological polar surface area (TPSA) is 83.0 Å². The lowest BCUT2D eigenvalue weighted by atomic mass is 10.1. The molecule has 9 heteroatoms. The van der Waals surface area contributed by atoms with Gasteiger partial charge in [-0.1, -0.05) is 29.3 Å². The summed E-state index contributed by atoms with van der Waals surface area (Å²) in [5.41, 5.74) is 3.44. The number of hydrogen-bond acceptors (Lipinski definition) is 6. The van der Waals surface area contributed by atoms with Crippen LogP contribution in [0.1, 0.15) is 27.5 Å². The van der Waals surface area contributed by atoms with Gasteiger partial charge in [-0.3, -0.25) is 9.78 Å². The number of nitrogens with zero attached hydrogens (tertiary/aromatic N) is 4. The van der Waals surface area contributed by atoms with Crippen molar-refractivity contribution in [1.82, 2.24) is 19.7 Å². The molecule has 0 amide bonds. The first kappa shape index (κ1) is 22.1. The number of ketones is 1. The second-order valence-electron chi connectivity index (χ2n) is 7.66. The summed E-state index contributed by atoms with van der Waals surface area (Å²) >= 11 is 12.4. The van der Waals surface area contributed by atoms with Crippen LogP contribution < -0.4 is 4.74 Å². The molecule has 170 valence electrons. The number of fused-ring (bicyclic) bond motifs is 1. The van der Waals surface area contributed by atoms with Crippen molar-refractivity contribution in [2.75, 3.05) is 7.11 Å². The summed E-state index contributed by atoms with van der Waals surface area (Å²) < 4.78 is 13.1. The summed E-state index contributed by atoms with van der Waals surface area (Å²) in [6, 6.07) is 16.3. The first-order valence-corrected chi connectivity index (χ1v) is 11.1. The van der Waals surface area contributed by atoms with Crippen LogP contribution in [-0.4, -0.2) is 32.6 Å². The molecule has 0 fully saturated rings. The molecule has 2 aromatic carbocycles. The lowest BCUT2D eigenvalue weighted by molar-refractivity contribution is 0.100. The number of carbonyl (C=O) groups excluding carboxylic acids is 1. The number of methoxy groups -OCH3 is 1. The average molecular weight is 493 g/mol. The fraction of sp³-hybridized carbons (Fsp3) is 0.120. The van der Waals surface area contributed by atoms with Crippen molar-refractivity contribution in [3.8, 4) is 17.3 Å². The van der Waals surface area contributed by atoms with E-state index in [2.05, 4.69) is 15.2 Å². The number of rotatable bonds is 6. The predicted octanol–water partition coefficient (Wildman–Crippen LogP) is 5.99. The van der Waals surface area contributed by atoms with Crippen LogP contribution in [0, 0.1) is 6.92 Å². The minimum Gasteiger partial charge on any atom is -0.497 e. The van der Waals surface area contributed by atoms with Crippen molar-refractivity contribution < 1.29 is 13.9 Å². The van der Waals surface area contributed by atoms with Gasteiger partial charge >= 0.3 is 0 Å². The van der Waals surface area contributed by atoms with Crippen molar-refractivity contribution >= 4 is 39.9 Å². The second-order valence-corrected chi connectivity index (χ2v) is 8.54. The largest absolute Gasteiger partial charge is 0.497 e. The minimum atomic E-state index is -0.381. The summed E-state index contributed by atoms with van der Waals surface area (Å²) in [5.74, 6) is 0.311. The van der Waals surface area contributed by atoms with E-state index in [-0.39, 0.29) is 17.6 Å². The Morgan fingerprint density at radius 1 is 1.06 bits per heavy atom. The van der Waals surface area contributed by atoms with Crippen molar-refractivity contribution in [3.05, 3.63) is 93.6 Å².